The molecule has 2 nitrogen and oxygen atoms in total. The van der Waals surface area contributed by atoms with Crippen molar-refractivity contribution in [3.05, 3.63) is 0 Å². The maximum absolute atomic E-state index is 13.0. The van der Waals surface area contributed by atoms with E-state index >= 15 is 0 Å². The molecule has 0 aliphatic carbocycles. The first kappa shape index (κ1) is 18.9. The van der Waals surface area contributed by atoms with Crippen molar-refractivity contribution in [3.63, 3.8) is 0 Å². The normalized spacial score (nSPS) is 17.4. The zero-order chi connectivity index (χ0) is 15.5. The summed E-state index contributed by atoms with van der Waals surface area (Å²) in [6, 6.07) is 0. The van der Waals surface area contributed by atoms with Crippen molar-refractivity contribution in [2.24, 2.45) is 5.41 Å². The van der Waals surface area contributed by atoms with E-state index in [1.54, 1.807) is 0 Å². The molecule has 116 valence electrons. The summed E-state index contributed by atoms with van der Waals surface area (Å²) < 4.78 is 91.8. The lowest BCUT2D eigenvalue weighted by molar-refractivity contribution is -0.403. The molecular weight excluding hydrogens is 353 g/mol. The highest BCUT2D eigenvalue weighted by Gasteiger charge is 2.73. The molecule has 0 rings (SSSR count). The molecule has 0 saturated heterocycles. The molecule has 0 aromatic carbocycles. The average Bonchev–Trinajstić information content (AvgIpc) is 2.35. The van der Waals surface area contributed by atoms with Crippen LogP contribution in [0, 0.1) is 5.41 Å². The van der Waals surface area contributed by atoms with Crippen LogP contribution in [0.2, 0.25) is 0 Å². The van der Waals surface area contributed by atoms with Crippen LogP contribution < -0.4 is 0 Å². The SMILES string of the molecule is CC(CO)(CBr)COC(F)(F)C(F)(F)C(F)(F)CF. The van der Waals surface area contributed by atoms with Crippen LogP contribution in [-0.4, -0.2) is 48.3 Å². The molecule has 0 saturated carbocycles. The Morgan fingerprint density at radius 1 is 1.11 bits per heavy atom. The first-order chi connectivity index (χ1) is 8.39. The lowest BCUT2D eigenvalue weighted by atomic mass is 9.96. The first-order valence-electron chi connectivity index (χ1n) is 4.89. The van der Waals surface area contributed by atoms with Crippen molar-refractivity contribution in [2.75, 3.05) is 25.2 Å². The van der Waals surface area contributed by atoms with Crippen molar-refractivity contribution >= 4 is 15.9 Å². The predicted molar refractivity (Wildman–Crippen MR) is 55.8 cm³/mol. The Hall–Kier alpha value is -0.0900. The second kappa shape index (κ2) is 6.13. The molecule has 0 radical (unpaired) electrons. The molecule has 10 heteroatoms. The molecule has 0 bridgehead atoms. The van der Waals surface area contributed by atoms with E-state index < -0.39 is 43.3 Å². The van der Waals surface area contributed by atoms with Gasteiger partial charge in [-0.3, -0.25) is 0 Å². The van der Waals surface area contributed by atoms with Gasteiger partial charge < -0.3 is 9.84 Å². The van der Waals surface area contributed by atoms with E-state index in [1.807, 2.05) is 0 Å². The largest absolute Gasteiger partial charge is 0.425 e. The van der Waals surface area contributed by atoms with Gasteiger partial charge in [0, 0.05) is 10.7 Å². The molecule has 1 N–H and O–H groups in total. The summed E-state index contributed by atoms with van der Waals surface area (Å²) in [5, 5.41) is 8.74. The number of hydrogen-bond acceptors (Lipinski definition) is 2. The minimum Gasteiger partial charge on any atom is -0.396 e. The zero-order valence-electron chi connectivity index (χ0n) is 9.71. The Balaban J connectivity index is 4.99. The summed E-state index contributed by atoms with van der Waals surface area (Å²) in [5.41, 5.74) is -1.37. The molecule has 1 unspecified atom stereocenters. The Morgan fingerprint density at radius 2 is 1.58 bits per heavy atom. The Morgan fingerprint density at radius 3 is 1.89 bits per heavy atom. The molecule has 0 spiro atoms. The van der Waals surface area contributed by atoms with E-state index in [2.05, 4.69) is 20.7 Å². The quantitative estimate of drug-likeness (QED) is 0.529. The summed E-state index contributed by atoms with van der Waals surface area (Å²) in [6.45, 7) is -3.59. The number of aliphatic hydroxyl groups excluding tert-OH is 1. The van der Waals surface area contributed by atoms with E-state index in [1.165, 1.54) is 6.92 Å². The van der Waals surface area contributed by atoms with Crippen molar-refractivity contribution in [1.29, 1.82) is 0 Å². The number of hydrogen-bond donors (Lipinski definition) is 1. The topological polar surface area (TPSA) is 29.5 Å². The summed E-state index contributed by atoms with van der Waals surface area (Å²) in [5.74, 6) is -11.6. The standard InChI is InChI=1S/C9H12BrF7O2/c1-6(2-10,4-18)5-19-9(16,17)8(14,15)7(12,13)3-11/h18H,2-5H2,1H3. The maximum Gasteiger partial charge on any atom is 0.425 e. The Kier molecular flexibility index (Phi) is 6.10. The van der Waals surface area contributed by atoms with Crippen LogP contribution in [-0.2, 0) is 4.74 Å². The lowest BCUT2D eigenvalue weighted by Gasteiger charge is -2.33. The van der Waals surface area contributed by atoms with Crippen molar-refractivity contribution < 1.29 is 40.6 Å². The number of aliphatic hydroxyl groups is 1. The van der Waals surface area contributed by atoms with E-state index in [9.17, 15) is 30.7 Å². The van der Waals surface area contributed by atoms with Crippen LogP contribution in [0.1, 0.15) is 6.92 Å². The molecule has 0 aliphatic heterocycles. The molecule has 0 heterocycles. The number of ether oxygens (including phenoxy) is 1. The van der Waals surface area contributed by atoms with Gasteiger partial charge in [-0.25, -0.2) is 4.39 Å². The molecule has 0 aromatic rings. The minimum atomic E-state index is -6.00. The fourth-order valence-corrected chi connectivity index (χ4v) is 1.12. The van der Waals surface area contributed by atoms with Gasteiger partial charge in [0.15, 0.2) is 6.67 Å². The molecule has 1 atom stereocenters. The highest BCUT2D eigenvalue weighted by Crippen LogP contribution is 2.47. The highest BCUT2D eigenvalue weighted by atomic mass is 79.9. The fraction of sp³-hybridized carbons (Fsp3) is 1.00. The van der Waals surface area contributed by atoms with Crippen molar-refractivity contribution in [1.82, 2.24) is 0 Å². The van der Waals surface area contributed by atoms with Gasteiger partial charge in [0.2, 0.25) is 0 Å². The monoisotopic (exact) mass is 364 g/mol. The van der Waals surface area contributed by atoms with Gasteiger partial charge >= 0.3 is 18.0 Å². The van der Waals surface area contributed by atoms with Gasteiger partial charge in [-0.05, 0) is 0 Å². The van der Waals surface area contributed by atoms with Crippen LogP contribution in [0.5, 0.6) is 0 Å². The second-order valence-corrected chi connectivity index (χ2v) is 4.88. The molecular formula is C9H12BrF7O2. The highest BCUT2D eigenvalue weighted by molar-refractivity contribution is 9.09. The van der Waals surface area contributed by atoms with Gasteiger partial charge in [0.1, 0.15) is 0 Å². The number of halogens is 8. The first-order valence-corrected chi connectivity index (χ1v) is 6.01. The van der Waals surface area contributed by atoms with Gasteiger partial charge in [0.05, 0.1) is 13.2 Å². The van der Waals surface area contributed by atoms with Crippen LogP contribution in [0.15, 0.2) is 0 Å². The van der Waals surface area contributed by atoms with Gasteiger partial charge in [-0.2, -0.15) is 26.3 Å². The molecule has 0 aromatic heterocycles. The van der Waals surface area contributed by atoms with E-state index in [4.69, 9.17) is 5.11 Å². The van der Waals surface area contributed by atoms with E-state index in [0.717, 1.165) is 0 Å². The van der Waals surface area contributed by atoms with Crippen molar-refractivity contribution in [3.8, 4) is 0 Å². The molecule has 19 heavy (non-hydrogen) atoms. The maximum atomic E-state index is 13.0. The van der Waals surface area contributed by atoms with Crippen LogP contribution in [0.4, 0.5) is 30.7 Å². The fourth-order valence-electron chi connectivity index (χ4n) is 0.779. The van der Waals surface area contributed by atoms with Crippen LogP contribution in [0.25, 0.3) is 0 Å². The number of rotatable bonds is 8. The predicted octanol–water partition coefficient (Wildman–Crippen LogP) is 3.23. The Bertz CT molecular complexity index is 294. The smallest absolute Gasteiger partial charge is 0.396 e. The van der Waals surface area contributed by atoms with E-state index in [0.29, 0.717) is 0 Å². The van der Waals surface area contributed by atoms with Crippen LogP contribution >= 0.6 is 15.9 Å². The third-order valence-corrected chi connectivity index (χ3v) is 3.65. The summed E-state index contributed by atoms with van der Waals surface area (Å²) in [6.07, 6.45) is -5.57. The average molecular weight is 365 g/mol. The molecule has 0 aliphatic rings. The van der Waals surface area contributed by atoms with Gasteiger partial charge in [-0.1, -0.05) is 22.9 Å². The lowest BCUT2D eigenvalue weighted by Crippen LogP contribution is -2.57. The third-order valence-electron chi connectivity index (χ3n) is 2.30. The zero-order valence-corrected chi connectivity index (χ0v) is 11.3. The summed E-state index contributed by atoms with van der Waals surface area (Å²) in [7, 11) is 0. The number of alkyl halides is 8. The minimum absolute atomic E-state index is 0.0995. The third kappa shape index (κ3) is 3.94. The molecule has 0 fully saturated rings. The Labute approximate surface area is 113 Å². The van der Waals surface area contributed by atoms with Gasteiger partial charge in [-0.15, -0.1) is 0 Å². The summed E-state index contributed by atoms with van der Waals surface area (Å²) in [4.78, 5) is 0. The molecule has 0 amide bonds. The second-order valence-electron chi connectivity index (χ2n) is 4.32. The van der Waals surface area contributed by atoms with Crippen molar-refractivity contribution in [2.45, 2.75) is 24.9 Å². The summed E-state index contributed by atoms with van der Waals surface area (Å²) >= 11 is 2.82. The van der Waals surface area contributed by atoms with Gasteiger partial charge in [0.25, 0.3) is 0 Å². The van der Waals surface area contributed by atoms with Crippen LogP contribution in [0.3, 0.4) is 0 Å². The van der Waals surface area contributed by atoms with E-state index in [-0.39, 0.29) is 5.33 Å².